The summed E-state index contributed by atoms with van der Waals surface area (Å²) in [6, 6.07) is 20.4. The van der Waals surface area contributed by atoms with Crippen LogP contribution in [0.3, 0.4) is 0 Å². The summed E-state index contributed by atoms with van der Waals surface area (Å²) in [5.41, 5.74) is 4.76. The lowest BCUT2D eigenvalue weighted by Gasteiger charge is -2.13. The summed E-state index contributed by atoms with van der Waals surface area (Å²) >= 11 is 0. The standard InChI is InChI=1S/C28H30N2O5/c1-4-16-34-24-15-13-23(18-27(24)33-6-3)28(31)30-29-19-22-12-14-25(26(17-22)32-5-2)35-20-21-10-8-7-9-11-21/h4,7-15,17-19H,1,5-6,16,20H2,2-3H3,(H,30,31)/b29-19+. The van der Waals surface area contributed by atoms with Gasteiger partial charge in [-0.2, -0.15) is 5.10 Å². The highest BCUT2D eigenvalue weighted by Gasteiger charge is 2.11. The number of hydrogen-bond acceptors (Lipinski definition) is 6. The van der Waals surface area contributed by atoms with Gasteiger partial charge >= 0.3 is 0 Å². The molecule has 0 fully saturated rings. The van der Waals surface area contributed by atoms with Gasteiger partial charge in [0.15, 0.2) is 23.0 Å². The van der Waals surface area contributed by atoms with Crippen LogP contribution in [0.5, 0.6) is 23.0 Å². The third-order valence-corrected chi connectivity index (χ3v) is 4.75. The highest BCUT2D eigenvalue weighted by Crippen LogP contribution is 2.30. The molecule has 3 aromatic rings. The summed E-state index contributed by atoms with van der Waals surface area (Å²) in [5, 5.41) is 4.08. The molecule has 35 heavy (non-hydrogen) atoms. The fourth-order valence-corrected chi connectivity index (χ4v) is 3.14. The zero-order valence-corrected chi connectivity index (χ0v) is 20.0. The second-order valence-corrected chi connectivity index (χ2v) is 7.31. The number of benzene rings is 3. The van der Waals surface area contributed by atoms with Crippen LogP contribution in [0.15, 0.2) is 84.5 Å². The van der Waals surface area contributed by atoms with E-state index in [9.17, 15) is 4.79 Å². The maximum Gasteiger partial charge on any atom is 0.271 e. The Labute approximate surface area is 206 Å². The third-order valence-electron chi connectivity index (χ3n) is 4.75. The second kappa shape index (κ2) is 13.4. The lowest BCUT2D eigenvalue weighted by molar-refractivity contribution is 0.0954. The Morgan fingerprint density at radius 1 is 0.857 bits per heavy atom. The van der Waals surface area contributed by atoms with Crippen molar-refractivity contribution in [2.24, 2.45) is 5.10 Å². The number of ether oxygens (including phenoxy) is 4. The molecular weight excluding hydrogens is 444 g/mol. The maximum atomic E-state index is 12.6. The molecule has 0 radical (unpaired) electrons. The first-order chi connectivity index (χ1) is 17.1. The molecule has 7 heteroatoms. The van der Waals surface area contributed by atoms with Crippen molar-refractivity contribution >= 4 is 12.1 Å². The fourth-order valence-electron chi connectivity index (χ4n) is 3.14. The van der Waals surface area contributed by atoms with E-state index >= 15 is 0 Å². The van der Waals surface area contributed by atoms with Gasteiger partial charge < -0.3 is 18.9 Å². The first-order valence-corrected chi connectivity index (χ1v) is 11.4. The molecular formula is C28H30N2O5. The van der Waals surface area contributed by atoms with Crippen LogP contribution in [0, 0.1) is 0 Å². The Balaban J connectivity index is 1.65. The minimum Gasteiger partial charge on any atom is -0.490 e. The van der Waals surface area contributed by atoms with Crippen LogP contribution in [0.25, 0.3) is 0 Å². The molecule has 1 amide bonds. The SMILES string of the molecule is C=CCOc1ccc(C(=O)N/N=C/c2ccc(OCc3ccccc3)c(OCC)c2)cc1OCC. The molecule has 0 aliphatic rings. The molecule has 3 rings (SSSR count). The average Bonchev–Trinajstić information content (AvgIpc) is 2.88. The summed E-state index contributed by atoms with van der Waals surface area (Å²) in [7, 11) is 0. The number of rotatable bonds is 13. The molecule has 0 bridgehead atoms. The Bertz CT molecular complexity index is 1150. The van der Waals surface area contributed by atoms with E-state index in [1.807, 2.05) is 62.4 Å². The minimum absolute atomic E-state index is 0.343. The van der Waals surface area contributed by atoms with Crippen molar-refractivity contribution in [3.05, 3.63) is 96.1 Å². The van der Waals surface area contributed by atoms with Crippen LogP contribution in [0.4, 0.5) is 0 Å². The summed E-state index contributed by atoms with van der Waals surface area (Å²) in [6.07, 6.45) is 3.19. The molecule has 0 atom stereocenters. The van der Waals surface area contributed by atoms with E-state index in [0.717, 1.165) is 11.1 Å². The van der Waals surface area contributed by atoms with Crippen LogP contribution in [-0.2, 0) is 6.61 Å². The van der Waals surface area contributed by atoms with E-state index in [-0.39, 0.29) is 5.91 Å². The predicted molar refractivity (Wildman–Crippen MR) is 137 cm³/mol. The van der Waals surface area contributed by atoms with Gasteiger partial charge in [-0.05, 0) is 61.4 Å². The Hall–Kier alpha value is -4.26. The minimum atomic E-state index is -0.370. The van der Waals surface area contributed by atoms with Gasteiger partial charge in [0.2, 0.25) is 0 Å². The number of nitrogens with zero attached hydrogens (tertiary/aromatic N) is 1. The first-order valence-electron chi connectivity index (χ1n) is 11.4. The van der Waals surface area contributed by atoms with E-state index in [1.165, 1.54) is 0 Å². The van der Waals surface area contributed by atoms with E-state index in [4.69, 9.17) is 18.9 Å². The molecule has 182 valence electrons. The van der Waals surface area contributed by atoms with Crippen molar-refractivity contribution in [3.63, 3.8) is 0 Å². The number of carbonyl (C=O) groups excluding carboxylic acids is 1. The Morgan fingerprint density at radius 3 is 2.26 bits per heavy atom. The Morgan fingerprint density at radius 2 is 1.54 bits per heavy atom. The second-order valence-electron chi connectivity index (χ2n) is 7.31. The summed E-state index contributed by atoms with van der Waals surface area (Å²) in [4.78, 5) is 12.6. The number of amides is 1. The van der Waals surface area contributed by atoms with E-state index in [1.54, 1.807) is 30.5 Å². The van der Waals surface area contributed by atoms with Crippen molar-refractivity contribution in [2.75, 3.05) is 19.8 Å². The fraction of sp³-hybridized carbons (Fsp3) is 0.214. The lowest BCUT2D eigenvalue weighted by atomic mass is 10.2. The van der Waals surface area contributed by atoms with Crippen LogP contribution in [-0.4, -0.2) is 31.9 Å². The van der Waals surface area contributed by atoms with Crippen molar-refractivity contribution in [2.45, 2.75) is 20.5 Å². The molecule has 3 aromatic carbocycles. The van der Waals surface area contributed by atoms with E-state index in [2.05, 4.69) is 17.1 Å². The number of hydrogen-bond donors (Lipinski definition) is 1. The first kappa shape index (κ1) is 25.4. The average molecular weight is 475 g/mol. The van der Waals surface area contributed by atoms with Gasteiger partial charge in [-0.25, -0.2) is 5.43 Å². The number of hydrazone groups is 1. The van der Waals surface area contributed by atoms with E-state index in [0.29, 0.717) is 55.0 Å². The molecule has 0 aliphatic heterocycles. The molecule has 0 aliphatic carbocycles. The monoisotopic (exact) mass is 474 g/mol. The molecule has 0 saturated carbocycles. The van der Waals surface area contributed by atoms with Crippen LogP contribution in [0.1, 0.15) is 35.3 Å². The van der Waals surface area contributed by atoms with Crippen LogP contribution >= 0.6 is 0 Å². The smallest absolute Gasteiger partial charge is 0.271 e. The highest BCUT2D eigenvalue weighted by molar-refractivity contribution is 5.95. The molecule has 0 saturated heterocycles. The quantitative estimate of drug-likeness (QED) is 0.204. The molecule has 0 unspecified atom stereocenters. The predicted octanol–water partition coefficient (Wildman–Crippen LogP) is 5.39. The van der Waals surface area contributed by atoms with Gasteiger partial charge in [-0.15, -0.1) is 0 Å². The van der Waals surface area contributed by atoms with Gasteiger partial charge in [-0.3, -0.25) is 4.79 Å². The normalized spacial score (nSPS) is 10.6. The van der Waals surface area contributed by atoms with Crippen molar-refractivity contribution < 1.29 is 23.7 Å². The van der Waals surface area contributed by atoms with Crippen molar-refractivity contribution in [1.82, 2.24) is 5.43 Å². The zero-order chi connectivity index (χ0) is 24.9. The number of nitrogens with one attached hydrogen (secondary N) is 1. The summed E-state index contributed by atoms with van der Waals surface area (Å²) in [5.74, 6) is 1.91. The summed E-state index contributed by atoms with van der Waals surface area (Å²) < 4.78 is 22.8. The molecule has 7 nitrogen and oxygen atoms in total. The van der Waals surface area contributed by atoms with Gasteiger partial charge in [0.25, 0.3) is 5.91 Å². The third kappa shape index (κ3) is 7.64. The molecule has 0 aromatic heterocycles. The van der Waals surface area contributed by atoms with Crippen molar-refractivity contribution in [1.29, 1.82) is 0 Å². The highest BCUT2D eigenvalue weighted by atomic mass is 16.5. The van der Waals surface area contributed by atoms with Crippen LogP contribution < -0.4 is 24.4 Å². The van der Waals surface area contributed by atoms with Crippen LogP contribution in [0.2, 0.25) is 0 Å². The molecule has 0 spiro atoms. The summed E-state index contributed by atoms with van der Waals surface area (Å²) in [6.45, 7) is 9.13. The molecule has 0 heterocycles. The number of carbonyl (C=O) groups is 1. The lowest BCUT2D eigenvalue weighted by Crippen LogP contribution is -2.17. The van der Waals surface area contributed by atoms with Gasteiger partial charge in [0.1, 0.15) is 13.2 Å². The Kier molecular flexibility index (Phi) is 9.75. The van der Waals surface area contributed by atoms with Crippen molar-refractivity contribution in [3.8, 4) is 23.0 Å². The van der Waals surface area contributed by atoms with Gasteiger partial charge in [-0.1, -0.05) is 43.0 Å². The molecule has 1 N–H and O–H groups in total. The largest absolute Gasteiger partial charge is 0.490 e. The van der Waals surface area contributed by atoms with E-state index < -0.39 is 0 Å². The van der Waals surface area contributed by atoms with Gasteiger partial charge in [0, 0.05) is 5.56 Å². The zero-order valence-electron chi connectivity index (χ0n) is 20.0. The maximum absolute atomic E-state index is 12.6. The topological polar surface area (TPSA) is 78.4 Å². The van der Waals surface area contributed by atoms with Gasteiger partial charge in [0.05, 0.1) is 19.4 Å².